The van der Waals surface area contributed by atoms with Crippen molar-refractivity contribution in [3.63, 3.8) is 0 Å². The fourth-order valence-corrected chi connectivity index (χ4v) is 3.57. The Morgan fingerprint density at radius 1 is 1.00 bits per heavy atom. The van der Waals surface area contributed by atoms with Crippen molar-refractivity contribution < 1.29 is 9.47 Å². The quantitative estimate of drug-likeness (QED) is 0.537. The molecule has 0 saturated carbocycles. The number of fused-ring (bicyclic) bond motifs is 1. The van der Waals surface area contributed by atoms with E-state index in [1.54, 1.807) is 18.7 Å². The zero-order valence-electron chi connectivity index (χ0n) is 14.9. The summed E-state index contributed by atoms with van der Waals surface area (Å²) in [6.45, 7) is 4.93. The van der Waals surface area contributed by atoms with E-state index in [0.29, 0.717) is 22.3 Å². The summed E-state index contributed by atoms with van der Waals surface area (Å²) in [5.41, 5.74) is 2.76. The average molecular weight is 370 g/mol. The lowest BCUT2D eigenvalue weighted by Gasteiger charge is -2.06. The second-order valence-corrected chi connectivity index (χ2v) is 6.67. The molecule has 134 valence electrons. The first kappa shape index (κ1) is 16.5. The molecule has 8 nitrogen and oxygen atoms in total. The lowest BCUT2D eigenvalue weighted by molar-refractivity contribution is 0.394. The summed E-state index contributed by atoms with van der Waals surface area (Å²) in [4.78, 5) is 0.709. The second kappa shape index (κ2) is 6.41. The van der Waals surface area contributed by atoms with Crippen LogP contribution in [0.2, 0.25) is 0 Å². The van der Waals surface area contributed by atoms with Gasteiger partial charge in [-0.3, -0.25) is 4.68 Å². The van der Waals surface area contributed by atoms with Crippen LogP contribution >= 0.6 is 11.3 Å². The Morgan fingerprint density at radius 2 is 1.73 bits per heavy atom. The van der Waals surface area contributed by atoms with Gasteiger partial charge in [-0.25, -0.2) is 0 Å². The summed E-state index contributed by atoms with van der Waals surface area (Å²) in [6, 6.07) is 7.61. The molecule has 4 rings (SSSR count). The second-order valence-electron chi connectivity index (χ2n) is 5.71. The molecule has 0 amide bonds. The van der Waals surface area contributed by atoms with Gasteiger partial charge in [-0.1, -0.05) is 11.3 Å². The van der Waals surface area contributed by atoms with Gasteiger partial charge in [-0.15, -0.1) is 10.2 Å². The fraction of sp³-hybridized carbons (Fsp3) is 0.294. The summed E-state index contributed by atoms with van der Waals surface area (Å²) < 4.78 is 14.4. The van der Waals surface area contributed by atoms with Gasteiger partial charge in [-0.05, 0) is 32.0 Å². The Balaban J connectivity index is 1.81. The first-order valence-corrected chi connectivity index (χ1v) is 8.95. The minimum atomic E-state index is 0.631. The number of ether oxygens (including phenoxy) is 2. The molecule has 4 aromatic rings. The third-order valence-electron chi connectivity index (χ3n) is 4.10. The van der Waals surface area contributed by atoms with E-state index in [4.69, 9.17) is 9.47 Å². The van der Waals surface area contributed by atoms with E-state index >= 15 is 0 Å². The number of nitrogens with zero attached hydrogens (tertiary/aromatic N) is 6. The summed E-state index contributed by atoms with van der Waals surface area (Å²) >= 11 is 1.46. The van der Waals surface area contributed by atoms with Gasteiger partial charge in [0.15, 0.2) is 10.8 Å². The van der Waals surface area contributed by atoms with Crippen LogP contribution < -0.4 is 9.47 Å². The van der Waals surface area contributed by atoms with Gasteiger partial charge in [-0.2, -0.15) is 14.7 Å². The number of aryl methyl sites for hydroxylation is 2. The van der Waals surface area contributed by atoms with Crippen molar-refractivity contribution in [2.45, 2.75) is 20.4 Å². The van der Waals surface area contributed by atoms with Gasteiger partial charge >= 0.3 is 0 Å². The van der Waals surface area contributed by atoms with Gasteiger partial charge < -0.3 is 9.47 Å². The molecule has 26 heavy (non-hydrogen) atoms. The highest BCUT2D eigenvalue weighted by atomic mass is 32.1. The molecule has 0 atom stereocenters. The largest absolute Gasteiger partial charge is 0.497 e. The van der Waals surface area contributed by atoms with Gasteiger partial charge in [0.1, 0.15) is 17.2 Å². The zero-order chi connectivity index (χ0) is 18.3. The van der Waals surface area contributed by atoms with Gasteiger partial charge in [0, 0.05) is 23.9 Å². The van der Waals surface area contributed by atoms with Crippen LogP contribution in [0.25, 0.3) is 27.1 Å². The number of aromatic nitrogens is 6. The molecule has 3 heterocycles. The van der Waals surface area contributed by atoms with Gasteiger partial charge in [0.05, 0.1) is 14.2 Å². The summed E-state index contributed by atoms with van der Waals surface area (Å²) in [6.07, 6.45) is 0. The molecule has 0 aliphatic carbocycles. The smallest absolute Gasteiger partial charge is 0.235 e. The van der Waals surface area contributed by atoms with Crippen molar-refractivity contribution >= 4 is 16.3 Å². The van der Waals surface area contributed by atoms with E-state index in [1.165, 1.54) is 11.3 Å². The van der Waals surface area contributed by atoms with Crippen LogP contribution in [0.4, 0.5) is 0 Å². The molecule has 0 aliphatic rings. The number of hydrogen-bond acceptors (Lipinski definition) is 7. The number of rotatable bonds is 5. The predicted molar refractivity (Wildman–Crippen MR) is 98.8 cm³/mol. The van der Waals surface area contributed by atoms with Crippen molar-refractivity contribution in [3.8, 4) is 33.6 Å². The SMILES string of the molecule is CCn1nc(-c2nn3c(-c4cc(OC)cc(OC)c4)nnc3s2)cc1C. The first-order valence-electron chi connectivity index (χ1n) is 8.13. The third kappa shape index (κ3) is 2.70. The summed E-state index contributed by atoms with van der Waals surface area (Å²) in [5, 5.41) is 18.6. The summed E-state index contributed by atoms with van der Waals surface area (Å²) in [7, 11) is 3.23. The maximum atomic E-state index is 5.34. The molecule has 0 bridgehead atoms. The van der Waals surface area contributed by atoms with Crippen LogP contribution in [0.5, 0.6) is 11.5 Å². The van der Waals surface area contributed by atoms with Crippen molar-refractivity contribution in [1.29, 1.82) is 0 Å². The van der Waals surface area contributed by atoms with Crippen LogP contribution in [0.15, 0.2) is 24.3 Å². The minimum absolute atomic E-state index is 0.631. The zero-order valence-corrected chi connectivity index (χ0v) is 15.7. The van der Waals surface area contributed by atoms with Crippen molar-refractivity contribution in [3.05, 3.63) is 30.0 Å². The number of hydrogen-bond donors (Lipinski definition) is 0. The Bertz CT molecular complexity index is 1060. The molecule has 1 aromatic carbocycles. The summed E-state index contributed by atoms with van der Waals surface area (Å²) in [5.74, 6) is 2.00. The molecular weight excluding hydrogens is 352 g/mol. The topological polar surface area (TPSA) is 79.4 Å². The van der Waals surface area contributed by atoms with E-state index in [1.807, 2.05) is 35.9 Å². The van der Waals surface area contributed by atoms with E-state index < -0.39 is 0 Å². The number of benzene rings is 1. The van der Waals surface area contributed by atoms with E-state index in [9.17, 15) is 0 Å². The molecule has 3 aromatic heterocycles. The molecule has 0 fully saturated rings. The minimum Gasteiger partial charge on any atom is -0.497 e. The van der Waals surface area contributed by atoms with E-state index in [-0.39, 0.29) is 0 Å². The van der Waals surface area contributed by atoms with Crippen molar-refractivity contribution in [1.82, 2.24) is 29.6 Å². The Morgan fingerprint density at radius 3 is 2.35 bits per heavy atom. The molecule has 0 N–H and O–H groups in total. The van der Waals surface area contributed by atoms with Gasteiger partial charge in [0.25, 0.3) is 0 Å². The first-order chi connectivity index (χ1) is 12.6. The lowest BCUT2D eigenvalue weighted by atomic mass is 10.2. The Labute approximate surface area is 154 Å². The van der Waals surface area contributed by atoms with Crippen LogP contribution in [0.3, 0.4) is 0 Å². The third-order valence-corrected chi connectivity index (χ3v) is 5.02. The number of methoxy groups -OCH3 is 2. The molecule has 0 unspecified atom stereocenters. The average Bonchev–Trinajstić information content (AvgIpc) is 3.34. The van der Waals surface area contributed by atoms with Crippen molar-refractivity contribution in [2.24, 2.45) is 0 Å². The highest BCUT2D eigenvalue weighted by Crippen LogP contribution is 2.31. The van der Waals surface area contributed by atoms with Gasteiger partial charge in [0.2, 0.25) is 4.96 Å². The normalized spacial score (nSPS) is 11.2. The standard InChI is InChI=1S/C17H18N6O2S/c1-5-22-10(2)6-14(20-22)16-21-23-15(18-19-17(23)26-16)11-7-12(24-3)9-13(8-11)25-4/h6-9H,5H2,1-4H3. The van der Waals surface area contributed by atoms with E-state index in [0.717, 1.165) is 28.5 Å². The lowest BCUT2D eigenvalue weighted by Crippen LogP contribution is -1.98. The van der Waals surface area contributed by atoms with Crippen LogP contribution in [-0.4, -0.2) is 43.8 Å². The molecule has 0 radical (unpaired) electrons. The molecular formula is C17H18N6O2S. The molecule has 9 heteroatoms. The fourth-order valence-electron chi connectivity index (χ4n) is 2.77. The van der Waals surface area contributed by atoms with Crippen LogP contribution in [-0.2, 0) is 6.54 Å². The molecule has 0 aliphatic heterocycles. The Hall–Kier alpha value is -2.94. The monoisotopic (exact) mass is 370 g/mol. The maximum Gasteiger partial charge on any atom is 0.235 e. The van der Waals surface area contributed by atoms with Crippen LogP contribution in [0.1, 0.15) is 12.6 Å². The van der Waals surface area contributed by atoms with Crippen LogP contribution in [0, 0.1) is 6.92 Å². The molecule has 0 saturated heterocycles. The van der Waals surface area contributed by atoms with E-state index in [2.05, 4.69) is 27.3 Å². The predicted octanol–water partition coefficient (Wildman–Crippen LogP) is 3.06. The molecule has 0 spiro atoms. The maximum absolute atomic E-state index is 5.34. The Kier molecular flexibility index (Phi) is 4.08. The highest BCUT2D eigenvalue weighted by Gasteiger charge is 2.17. The highest BCUT2D eigenvalue weighted by molar-refractivity contribution is 7.19. The van der Waals surface area contributed by atoms with Crippen molar-refractivity contribution in [2.75, 3.05) is 14.2 Å².